The van der Waals surface area contributed by atoms with Gasteiger partial charge in [0, 0.05) is 18.5 Å². The monoisotopic (exact) mass is 431 g/mol. The van der Waals surface area contributed by atoms with Crippen LogP contribution in [-0.2, 0) is 22.6 Å². The summed E-state index contributed by atoms with van der Waals surface area (Å²) in [4.78, 5) is 26.2. The summed E-state index contributed by atoms with van der Waals surface area (Å²) in [6.07, 6.45) is 4.85. The summed E-state index contributed by atoms with van der Waals surface area (Å²) in [7, 11) is 2.62. The highest BCUT2D eigenvalue weighted by atomic mass is 16.5. The fourth-order valence-electron chi connectivity index (χ4n) is 4.51. The molecule has 1 atom stereocenters. The minimum absolute atomic E-state index is 0.0486. The number of para-hydroxylation sites is 1. The lowest BCUT2D eigenvalue weighted by molar-refractivity contribution is -0.122. The molecule has 1 aromatic carbocycles. The van der Waals surface area contributed by atoms with E-state index in [9.17, 15) is 19.7 Å². The van der Waals surface area contributed by atoms with Crippen LogP contribution in [0.5, 0.6) is 5.75 Å². The normalized spacial score (nSPS) is 23.1. The van der Waals surface area contributed by atoms with Crippen LogP contribution in [0.4, 0.5) is 0 Å². The van der Waals surface area contributed by atoms with E-state index < -0.39 is 13.1 Å². The van der Waals surface area contributed by atoms with Crippen LogP contribution < -0.4 is 15.3 Å². The minimum atomic E-state index is -1.13. The molecule has 1 heterocycles. The maximum Gasteiger partial charge on any atom is 0.547 e. The molecule has 2 amide bonds. The average molecular weight is 431 g/mol. The Balaban J connectivity index is 1.41. The fourth-order valence-corrected chi connectivity index (χ4v) is 4.51. The summed E-state index contributed by atoms with van der Waals surface area (Å²) in [5.41, 5.74) is 1.51. The number of nitrogens with one attached hydrogen (secondary N) is 2. The zero-order chi connectivity index (χ0) is 22.4. The van der Waals surface area contributed by atoms with Crippen LogP contribution in [0.15, 0.2) is 18.2 Å². The highest BCUT2D eigenvalue weighted by Crippen LogP contribution is 2.32. The van der Waals surface area contributed by atoms with Gasteiger partial charge in [0.25, 0.3) is 0 Å². The highest BCUT2D eigenvalue weighted by molar-refractivity contribution is 6.46. The van der Waals surface area contributed by atoms with Crippen molar-refractivity contribution in [2.24, 2.45) is 11.8 Å². The third-order valence-corrected chi connectivity index (χ3v) is 6.21. The summed E-state index contributed by atoms with van der Waals surface area (Å²) >= 11 is 0. The predicted molar refractivity (Wildman–Crippen MR) is 118 cm³/mol. The van der Waals surface area contributed by atoms with Gasteiger partial charge in [0.05, 0.1) is 19.1 Å². The number of hydrogen-bond donors (Lipinski definition) is 4. The zero-order valence-electron chi connectivity index (χ0n) is 18.5. The molecule has 3 rings (SSSR count). The molecule has 2 aliphatic rings. The number of carbonyl (C=O) groups is 2. The molecule has 1 saturated carbocycles. The van der Waals surface area contributed by atoms with Crippen LogP contribution in [0.1, 0.15) is 43.2 Å². The summed E-state index contributed by atoms with van der Waals surface area (Å²) in [5.74, 6) is 0.778. The molecular weight excluding hydrogens is 397 g/mol. The maximum absolute atomic E-state index is 12.6. The Morgan fingerprint density at radius 1 is 1.16 bits per heavy atom. The van der Waals surface area contributed by atoms with E-state index in [0.29, 0.717) is 49.1 Å². The first-order valence-electron chi connectivity index (χ1n) is 11.1. The Kier molecular flexibility index (Phi) is 8.34. The molecule has 4 N–H and O–H groups in total. The van der Waals surface area contributed by atoms with Crippen LogP contribution in [0.25, 0.3) is 0 Å². The maximum atomic E-state index is 12.6. The van der Waals surface area contributed by atoms with E-state index >= 15 is 0 Å². The third kappa shape index (κ3) is 6.69. The van der Waals surface area contributed by atoms with E-state index in [2.05, 4.69) is 10.6 Å². The van der Waals surface area contributed by atoms with Crippen molar-refractivity contribution in [3.05, 3.63) is 29.3 Å². The fraction of sp³-hybridized carbons (Fsp3) is 0.636. The number of carbonyl (C=O) groups excluding carboxylic acids is 2. The van der Waals surface area contributed by atoms with Crippen LogP contribution in [0.3, 0.4) is 0 Å². The van der Waals surface area contributed by atoms with Gasteiger partial charge in [-0.15, -0.1) is 0 Å². The summed E-state index contributed by atoms with van der Waals surface area (Å²) in [6, 6.07) is 5.48. The Hall–Kier alpha value is -2.10. The number of benzene rings is 1. The number of amides is 2. The van der Waals surface area contributed by atoms with Crippen LogP contribution >= 0.6 is 0 Å². The lowest BCUT2D eigenvalue weighted by atomic mass is 9.72. The largest absolute Gasteiger partial charge is 0.547 e. The number of aliphatic hydroxyl groups is 1. The van der Waals surface area contributed by atoms with Crippen LogP contribution in [0, 0.1) is 11.8 Å². The summed E-state index contributed by atoms with van der Waals surface area (Å²) in [5, 5.41) is 25.7. The number of hydrogen-bond acceptors (Lipinski definition) is 6. The predicted octanol–water partition coefficient (Wildman–Crippen LogP) is 0.493. The van der Waals surface area contributed by atoms with Gasteiger partial charge in [-0.1, -0.05) is 18.2 Å². The molecule has 1 aliphatic heterocycles. The van der Waals surface area contributed by atoms with Gasteiger partial charge in [-0.05, 0) is 63.6 Å². The molecule has 1 aliphatic carbocycles. The van der Waals surface area contributed by atoms with Gasteiger partial charge < -0.3 is 30.3 Å². The van der Waals surface area contributed by atoms with Gasteiger partial charge in [0.2, 0.25) is 11.8 Å². The second-order valence-corrected chi connectivity index (χ2v) is 9.08. The molecule has 0 bridgehead atoms. The minimum Gasteiger partial charge on any atom is -0.534 e. The lowest BCUT2D eigenvalue weighted by Crippen LogP contribution is -2.53. The SMILES string of the molecule is CN(C)CC(=O)NC[C@H]1CC[C@H](CC(=O)N[C@H]2Cc3cccc(CO)c3OB2O)CC1. The molecule has 1 fully saturated rings. The van der Waals surface area contributed by atoms with E-state index in [1.807, 2.05) is 31.1 Å². The molecule has 0 saturated heterocycles. The summed E-state index contributed by atoms with van der Waals surface area (Å²) in [6.45, 7) is 0.944. The smallest absolute Gasteiger partial charge is 0.534 e. The van der Waals surface area contributed by atoms with Gasteiger partial charge in [-0.3, -0.25) is 9.59 Å². The molecule has 0 aromatic heterocycles. The number of likely N-dealkylation sites (N-methyl/N-ethyl adjacent to an activating group) is 1. The van der Waals surface area contributed by atoms with E-state index in [-0.39, 0.29) is 18.4 Å². The van der Waals surface area contributed by atoms with Crippen molar-refractivity contribution in [3.63, 3.8) is 0 Å². The molecular formula is C22H34BN3O5. The van der Waals surface area contributed by atoms with Crippen molar-refractivity contribution in [2.45, 2.75) is 51.1 Å². The van der Waals surface area contributed by atoms with Crippen molar-refractivity contribution < 1.29 is 24.4 Å². The second kappa shape index (κ2) is 11.0. The van der Waals surface area contributed by atoms with Gasteiger partial charge in [-0.25, -0.2) is 0 Å². The van der Waals surface area contributed by atoms with Crippen LogP contribution in [0.2, 0.25) is 0 Å². The van der Waals surface area contributed by atoms with Crippen molar-refractivity contribution in [1.29, 1.82) is 0 Å². The van der Waals surface area contributed by atoms with Crippen molar-refractivity contribution >= 4 is 18.9 Å². The van der Waals surface area contributed by atoms with Crippen molar-refractivity contribution in [1.82, 2.24) is 15.5 Å². The molecule has 31 heavy (non-hydrogen) atoms. The first-order valence-corrected chi connectivity index (χ1v) is 11.1. The molecule has 0 unspecified atom stereocenters. The molecule has 0 spiro atoms. The number of fused-ring (bicyclic) bond motifs is 1. The Bertz CT molecular complexity index is 768. The van der Waals surface area contributed by atoms with E-state index in [0.717, 1.165) is 31.2 Å². The quantitative estimate of drug-likeness (QED) is 0.446. The van der Waals surface area contributed by atoms with Crippen LogP contribution in [-0.4, -0.2) is 67.1 Å². The lowest BCUT2D eigenvalue weighted by Gasteiger charge is -2.31. The number of nitrogens with zero attached hydrogens (tertiary/aromatic N) is 1. The van der Waals surface area contributed by atoms with Gasteiger partial charge in [-0.2, -0.15) is 0 Å². The highest BCUT2D eigenvalue weighted by Gasteiger charge is 2.37. The van der Waals surface area contributed by atoms with E-state index in [1.54, 1.807) is 6.07 Å². The molecule has 8 nitrogen and oxygen atoms in total. The Labute approximate surface area is 184 Å². The summed E-state index contributed by atoms with van der Waals surface area (Å²) < 4.78 is 5.58. The van der Waals surface area contributed by atoms with Crippen molar-refractivity contribution in [3.8, 4) is 5.75 Å². The molecule has 1 aromatic rings. The number of rotatable bonds is 8. The Morgan fingerprint density at radius 2 is 1.87 bits per heavy atom. The second-order valence-electron chi connectivity index (χ2n) is 9.08. The molecule has 170 valence electrons. The zero-order valence-corrected chi connectivity index (χ0v) is 18.5. The van der Waals surface area contributed by atoms with Gasteiger partial charge in [0.15, 0.2) is 0 Å². The van der Waals surface area contributed by atoms with Gasteiger partial charge in [0.1, 0.15) is 5.75 Å². The first kappa shape index (κ1) is 23.6. The standard InChI is InChI=1S/C22H34BN3O5/c1-26(2)13-21(29)24-12-16-8-6-15(7-9-16)10-20(28)25-19-11-17-4-3-5-18(14-27)22(17)31-23(19)30/h3-5,15-16,19,27,30H,6-14H2,1-2H3,(H,24,29)(H,25,28)/t15-,16-,19-/m0/s1. The third-order valence-electron chi connectivity index (χ3n) is 6.21. The first-order chi connectivity index (χ1) is 14.9. The average Bonchev–Trinajstić information content (AvgIpc) is 2.73. The molecule has 0 radical (unpaired) electrons. The number of aliphatic hydroxyl groups excluding tert-OH is 1. The topological polar surface area (TPSA) is 111 Å². The molecule has 9 heteroatoms. The van der Waals surface area contributed by atoms with Crippen molar-refractivity contribution in [2.75, 3.05) is 27.2 Å². The van der Waals surface area contributed by atoms with E-state index in [4.69, 9.17) is 4.65 Å². The van der Waals surface area contributed by atoms with E-state index in [1.165, 1.54) is 0 Å². The van der Waals surface area contributed by atoms with Gasteiger partial charge >= 0.3 is 7.12 Å². The Morgan fingerprint density at radius 3 is 2.55 bits per heavy atom.